The summed E-state index contributed by atoms with van der Waals surface area (Å²) in [4.78, 5) is 7.21. The summed E-state index contributed by atoms with van der Waals surface area (Å²) in [6.07, 6.45) is 4.43. The lowest BCUT2D eigenvalue weighted by atomic mass is 9.94. The van der Waals surface area contributed by atoms with E-state index in [1.807, 2.05) is 12.3 Å². The van der Waals surface area contributed by atoms with Gasteiger partial charge in [-0.15, -0.1) is 0 Å². The van der Waals surface area contributed by atoms with E-state index in [-0.39, 0.29) is 0 Å². The van der Waals surface area contributed by atoms with Gasteiger partial charge in [-0.05, 0) is 55.8 Å². The van der Waals surface area contributed by atoms with Gasteiger partial charge in [-0.1, -0.05) is 30.3 Å². The first kappa shape index (κ1) is 14.5. The number of fused-ring (bicyclic) bond motifs is 4. The number of nitrogens with zero attached hydrogens (tertiary/aromatic N) is 3. The van der Waals surface area contributed by atoms with Gasteiger partial charge in [0, 0.05) is 40.8 Å². The number of rotatable bonds is 1. The molecule has 0 radical (unpaired) electrons. The average molecular weight is 339 g/mol. The second-order valence-electron chi connectivity index (χ2n) is 7.65. The third-order valence-corrected chi connectivity index (χ3v) is 6.22. The minimum Gasteiger partial charge on any atom is -0.313 e. The van der Waals surface area contributed by atoms with Crippen LogP contribution in [0, 0.1) is 0 Å². The zero-order valence-electron chi connectivity index (χ0n) is 14.7. The molecule has 3 aliphatic heterocycles. The molecule has 3 heteroatoms. The normalized spacial score (nSPS) is 21.8. The SMILES string of the molecule is c1cnc2cc(-n3c4c(c5ccccc53)CN3CCC4CC3)ccc2c1. The van der Waals surface area contributed by atoms with Crippen LogP contribution >= 0.6 is 0 Å². The maximum absolute atomic E-state index is 4.59. The number of piperidine rings is 1. The topological polar surface area (TPSA) is 21.1 Å². The molecule has 2 aromatic carbocycles. The van der Waals surface area contributed by atoms with Crippen LogP contribution < -0.4 is 0 Å². The fourth-order valence-electron chi connectivity index (χ4n) is 4.98. The number of pyridine rings is 1. The summed E-state index contributed by atoms with van der Waals surface area (Å²) in [6.45, 7) is 3.55. The molecule has 3 nitrogen and oxygen atoms in total. The van der Waals surface area contributed by atoms with Crippen molar-refractivity contribution in [2.75, 3.05) is 13.1 Å². The highest BCUT2D eigenvalue weighted by molar-refractivity contribution is 5.89. The summed E-state index contributed by atoms with van der Waals surface area (Å²) < 4.78 is 2.53. The lowest BCUT2D eigenvalue weighted by Crippen LogP contribution is -2.29. The fraction of sp³-hybridized carbons (Fsp3) is 0.261. The van der Waals surface area contributed by atoms with E-state index >= 15 is 0 Å². The first-order chi connectivity index (χ1) is 12.9. The molecule has 0 spiro atoms. The van der Waals surface area contributed by atoms with Gasteiger partial charge in [-0.25, -0.2) is 0 Å². The summed E-state index contributed by atoms with van der Waals surface area (Å²) in [7, 11) is 0. The number of aromatic nitrogens is 2. The lowest BCUT2D eigenvalue weighted by molar-refractivity contribution is 0.220. The van der Waals surface area contributed by atoms with Gasteiger partial charge in [0.2, 0.25) is 0 Å². The highest BCUT2D eigenvalue weighted by atomic mass is 15.1. The van der Waals surface area contributed by atoms with Crippen molar-refractivity contribution in [2.45, 2.75) is 25.3 Å². The third-order valence-electron chi connectivity index (χ3n) is 6.22. The van der Waals surface area contributed by atoms with E-state index in [1.165, 1.54) is 47.9 Å². The molecular weight excluding hydrogens is 318 g/mol. The van der Waals surface area contributed by atoms with Crippen LogP contribution in [-0.4, -0.2) is 27.5 Å². The van der Waals surface area contributed by atoms with Crippen molar-refractivity contribution in [2.24, 2.45) is 0 Å². The Morgan fingerprint density at radius 1 is 0.923 bits per heavy atom. The predicted molar refractivity (Wildman–Crippen MR) is 106 cm³/mol. The molecule has 0 atom stereocenters. The molecular formula is C23H21N3. The summed E-state index contributed by atoms with van der Waals surface area (Å²) in [6, 6.07) is 19.8. The highest BCUT2D eigenvalue weighted by Crippen LogP contribution is 2.42. The molecule has 1 fully saturated rings. The van der Waals surface area contributed by atoms with Gasteiger partial charge >= 0.3 is 0 Å². The zero-order chi connectivity index (χ0) is 17.1. The summed E-state index contributed by atoms with van der Waals surface area (Å²) in [5.74, 6) is 0.663. The molecule has 2 aromatic heterocycles. The molecule has 0 N–H and O–H groups in total. The fourth-order valence-corrected chi connectivity index (χ4v) is 4.98. The van der Waals surface area contributed by atoms with Crippen molar-refractivity contribution in [3.8, 4) is 5.69 Å². The molecule has 0 unspecified atom stereocenters. The summed E-state index contributed by atoms with van der Waals surface area (Å²) in [5, 5.41) is 2.62. The van der Waals surface area contributed by atoms with Crippen molar-refractivity contribution in [1.82, 2.24) is 14.5 Å². The summed E-state index contributed by atoms with van der Waals surface area (Å²) >= 11 is 0. The van der Waals surface area contributed by atoms with Crippen LogP contribution in [0.3, 0.4) is 0 Å². The van der Waals surface area contributed by atoms with Gasteiger partial charge < -0.3 is 4.57 Å². The van der Waals surface area contributed by atoms with Gasteiger partial charge in [-0.3, -0.25) is 9.88 Å². The Hall–Kier alpha value is -2.65. The Labute approximate surface area is 152 Å². The molecule has 0 saturated carbocycles. The van der Waals surface area contributed by atoms with Crippen molar-refractivity contribution in [3.05, 3.63) is 72.1 Å². The molecule has 5 heterocycles. The number of benzene rings is 2. The van der Waals surface area contributed by atoms with Gasteiger partial charge in [0.25, 0.3) is 0 Å². The quantitative estimate of drug-likeness (QED) is 0.493. The van der Waals surface area contributed by atoms with Crippen molar-refractivity contribution < 1.29 is 0 Å². The van der Waals surface area contributed by atoms with Crippen LogP contribution in [0.4, 0.5) is 0 Å². The maximum Gasteiger partial charge on any atom is 0.0722 e. The Kier molecular flexibility index (Phi) is 3.03. The molecule has 1 saturated heterocycles. The smallest absolute Gasteiger partial charge is 0.0722 e. The second-order valence-corrected chi connectivity index (χ2v) is 7.65. The van der Waals surface area contributed by atoms with Gasteiger partial charge in [0.05, 0.1) is 11.0 Å². The minimum atomic E-state index is 0.663. The molecule has 26 heavy (non-hydrogen) atoms. The lowest BCUT2D eigenvalue weighted by Gasteiger charge is -2.27. The Morgan fingerprint density at radius 2 is 1.81 bits per heavy atom. The van der Waals surface area contributed by atoms with E-state index in [1.54, 1.807) is 11.3 Å². The number of hydrogen-bond acceptors (Lipinski definition) is 2. The molecule has 7 rings (SSSR count). The van der Waals surface area contributed by atoms with Gasteiger partial charge in [-0.2, -0.15) is 0 Å². The third kappa shape index (κ3) is 2.01. The molecule has 0 amide bonds. The largest absolute Gasteiger partial charge is 0.313 e. The van der Waals surface area contributed by atoms with Gasteiger partial charge in [0.1, 0.15) is 0 Å². The van der Waals surface area contributed by atoms with Crippen molar-refractivity contribution >= 4 is 21.8 Å². The van der Waals surface area contributed by atoms with E-state index in [4.69, 9.17) is 0 Å². The Balaban J connectivity index is 1.69. The van der Waals surface area contributed by atoms with Crippen LogP contribution in [0.1, 0.15) is 30.0 Å². The zero-order valence-corrected chi connectivity index (χ0v) is 14.7. The Morgan fingerprint density at radius 3 is 2.73 bits per heavy atom. The van der Waals surface area contributed by atoms with Crippen molar-refractivity contribution in [3.63, 3.8) is 0 Å². The van der Waals surface area contributed by atoms with Crippen LogP contribution in [0.5, 0.6) is 0 Å². The highest BCUT2D eigenvalue weighted by Gasteiger charge is 2.32. The van der Waals surface area contributed by atoms with E-state index in [2.05, 4.69) is 63.0 Å². The van der Waals surface area contributed by atoms with Gasteiger partial charge in [0.15, 0.2) is 0 Å². The Bertz CT molecular complexity index is 1130. The summed E-state index contributed by atoms with van der Waals surface area (Å²) in [5.41, 5.74) is 6.73. The molecule has 2 bridgehead atoms. The predicted octanol–water partition coefficient (Wildman–Crippen LogP) is 4.87. The van der Waals surface area contributed by atoms with Crippen LogP contribution in [0.25, 0.3) is 27.5 Å². The molecule has 128 valence electrons. The van der Waals surface area contributed by atoms with E-state index in [0.29, 0.717) is 5.92 Å². The molecule has 4 aromatic rings. The number of hydrogen-bond donors (Lipinski definition) is 0. The molecule has 3 aliphatic rings. The first-order valence-electron chi connectivity index (χ1n) is 9.58. The monoisotopic (exact) mass is 339 g/mol. The second kappa shape index (κ2) is 5.42. The molecule has 0 aliphatic carbocycles. The average Bonchev–Trinajstić information content (AvgIpc) is 2.81. The van der Waals surface area contributed by atoms with Crippen LogP contribution in [0.15, 0.2) is 60.8 Å². The van der Waals surface area contributed by atoms with E-state index in [9.17, 15) is 0 Å². The van der Waals surface area contributed by atoms with E-state index in [0.717, 1.165) is 12.1 Å². The minimum absolute atomic E-state index is 0.663. The van der Waals surface area contributed by atoms with Crippen LogP contribution in [-0.2, 0) is 6.54 Å². The number of para-hydroxylation sites is 1. The maximum atomic E-state index is 4.59. The van der Waals surface area contributed by atoms with E-state index < -0.39 is 0 Å². The first-order valence-corrected chi connectivity index (χ1v) is 9.58. The van der Waals surface area contributed by atoms with Crippen LogP contribution in [0.2, 0.25) is 0 Å². The van der Waals surface area contributed by atoms with Crippen molar-refractivity contribution in [1.29, 1.82) is 0 Å². The standard InChI is InChI=1S/C23H21N3/c1-2-6-22-19(5-1)20-15-25-12-9-17(10-13-25)23(20)26(22)18-8-7-16-4-3-11-24-21(16)14-18/h1-8,11,14,17H,9-10,12-13,15H2.